The van der Waals surface area contributed by atoms with Crippen molar-refractivity contribution in [3.8, 4) is 5.88 Å². The Labute approximate surface area is 179 Å². The molecule has 0 saturated heterocycles. The van der Waals surface area contributed by atoms with Crippen LogP contribution in [0, 0.1) is 0 Å². The summed E-state index contributed by atoms with van der Waals surface area (Å²) in [4.78, 5) is 22.4. The normalized spacial score (nSPS) is 17.9. The summed E-state index contributed by atoms with van der Waals surface area (Å²) >= 11 is 0. The summed E-state index contributed by atoms with van der Waals surface area (Å²) in [6.45, 7) is 0. The van der Waals surface area contributed by atoms with Gasteiger partial charge in [0.1, 0.15) is 12.1 Å². The highest BCUT2D eigenvalue weighted by molar-refractivity contribution is 6.00. The summed E-state index contributed by atoms with van der Waals surface area (Å²) in [6.07, 6.45) is 4.38. The topological polar surface area (TPSA) is 69.4 Å². The number of benzene rings is 2. The molecule has 152 valence electrons. The van der Waals surface area contributed by atoms with E-state index in [-0.39, 0.29) is 11.7 Å². The molecule has 6 rings (SSSR count). The van der Waals surface area contributed by atoms with Gasteiger partial charge in [0.15, 0.2) is 17.3 Å². The van der Waals surface area contributed by atoms with E-state index in [2.05, 4.69) is 34.3 Å². The molecule has 1 aliphatic carbocycles. The second kappa shape index (κ2) is 7.16. The summed E-state index contributed by atoms with van der Waals surface area (Å²) < 4.78 is 7.86. The van der Waals surface area contributed by atoms with E-state index >= 15 is 0 Å². The fraction of sp³-hybridized carbons (Fsp3) is 0.200. The average Bonchev–Trinajstić information content (AvgIpc) is 3.22. The molecule has 2 aliphatic rings. The van der Waals surface area contributed by atoms with Crippen molar-refractivity contribution in [1.29, 1.82) is 0 Å². The summed E-state index contributed by atoms with van der Waals surface area (Å²) in [5.74, 6) is 1.87. The van der Waals surface area contributed by atoms with Crippen molar-refractivity contribution in [2.24, 2.45) is 0 Å². The highest BCUT2D eigenvalue weighted by Gasteiger charge is 2.39. The Morgan fingerprint density at radius 3 is 2.58 bits per heavy atom. The van der Waals surface area contributed by atoms with Crippen molar-refractivity contribution < 1.29 is 9.53 Å². The molecule has 4 aromatic rings. The van der Waals surface area contributed by atoms with Gasteiger partial charge in [-0.2, -0.15) is 0 Å². The van der Waals surface area contributed by atoms with Crippen molar-refractivity contribution >= 4 is 11.4 Å². The van der Waals surface area contributed by atoms with E-state index in [1.165, 1.54) is 0 Å². The van der Waals surface area contributed by atoms with Crippen LogP contribution in [0.5, 0.6) is 5.88 Å². The average molecular weight is 408 g/mol. The Hall–Kier alpha value is -3.80. The number of nitrogens with zero attached hydrogens (tertiary/aromatic N) is 4. The lowest BCUT2D eigenvalue weighted by Crippen LogP contribution is -2.26. The van der Waals surface area contributed by atoms with Crippen LogP contribution < -0.4 is 4.74 Å². The van der Waals surface area contributed by atoms with Crippen LogP contribution in [0.15, 0.2) is 78.3 Å². The maximum absolute atomic E-state index is 13.0. The van der Waals surface area contributed by atoms with Gasteiger partial charge in [0.05, 0.1) is 5.56 Å². The third-order valence-corrected chi connectivity index (χ3v) is 5.97. The molecule has 31 heavy (non-hydrogen) atoms. The molecular formula is C25H20N4O2. The van der Waals surface area contributed by atoms with Gasteiger partial charge in [-0.05, 0) is 17.5 Å². The van der Waals surface area contributed by atoms with Gasteiger partial charge in [-0.3, -0.25) is 4.79 Å². The molecule has 0 unspecified atom stereocenters. The minimum Gasteiger partial charge on any atom is -0.442 e. The highest BCUT2D eigenvalue weighted by Crippen LogP contribution is 2.46. The number of fused-ring (bicyclic) bond motifs is 3. The number of carbonyl (C=O) groups is 1. The van der Waals surface area contributed by atoms with Gasteiger partial charge in [-0.25, -0.2) is 14.5 Å². The smallest absolute Gasteiger partial charge is 0.228 e. The minimum absolute atomic E-state index is 0.145. The predicted octanol–water partition coefficient (Wildman–Crippen LogP) is 4.25. The van der Waals surface area contributed by atoms with Crippen molar-refractivity contribution in [3.63, 3.8) is 0 Å². The Morgan fingerprint density at radius 1 is 1.00 bits per heavy atom. The number of carbonyl (C=O) groups excluding carboxylic acids is 1. The van der Waals surface area contributed by atoms with Gasteiger partial charge >= 0.3 is 0 Å². The molecule has 1 aliphatic heterocycles. The fourth-order valence-corrected chi connectivity index (χ4v) is 4.59. The van der Waals surface area contributed by atoms with Gasteiger partial charge in [0.2, 0.25) is 5.88 Å². The lowest BCUT2D eigenvalue weighted by atomic mass is 9.78. The molecule has 3 heterocycles. The van der Waals surface area contributed by atoms with Crippen LogP contribution in [0.2, 0.25) is 0 Å². The zero-order valence-electron chi connectivity index (χ0n) is 16.9. The van der Waals surface area contributed by atoms with Gasteiger partial charge in [0, 0.05) is 30.8 Å². The highest BCUT2D eigenvalue weighted by atomic mass is 16.5. The van der Waals surface area contributed by atoms with Crippen LogP contribution in [0.1, 0.15) is 47.7 Å². The third-order valence-electron chi connectivity index (χ3n) is 5.97. The molecule has 6 heteroatoms. The molecule has 0 bridgehead atoms. The molecule has 0 amide bonds. The first kappa shape index (κ1) is 18.0. The van der Waals surface area contributed by atoms with Gasteiger partial charge in [-0.15, -0.1) is 5.10 Å². The number of ketones is 1. The number of rotatable bonds is 3. The second-order valence-electron chi connectivity index (χ2n) is 7.98. The van der Waals surface area contributed by atoms with E-state index in [1.807, 2.05) is 36.4 Å². The molecular weight excluding hydrogens is 388 g/mol. The molecule has 0 N–H and O–H groups in total. The summed E-state index contributed by atoms with van der Waals surface area (Å²) in [5, 5.41) is 4.65. The lowest BCUT2D eigenvalue weighted by molar-refractivity contribution is -0.116. The molecule has 2 aromatic heterocycles. The van der Waals surface area contributed by atoms with E-state index in [9.17, 15) is 4.79 Å². The number of Topliss-reactive ketones (excluding diaryl/α,β-unsaturated/α-hetero) is 1. The lowest BCUT2D eigenvalue weighted by Gasteiger charge is -2.31. The molecule has 1 atom stereocenters. The molecule has 0 fully saturated rings. The Balaban J connectivity index is 1.54. The quantitative estimate of drug-likeness (QED) is 0.507. The van der Waals surface area contributed by atoms with Gasteiger partial charge in [0.25, 0.3) is 0 Å². The maximum atomic E-state index is 13.0. The SMILES string of the molecule is O=C1CCCC2=C1[C@@H](c1ccccc1)c1c(ncn3nc(Cc4ccccc4)nc13)O2. The predicted molar refractivity (Wildman–Crippen MR) is 115 cm³/mol. The summed E-state index contributed by atoms with van der Waals surface area (Å²) in [7, 11) is 0. The first-order valence-electron chi connectivity index (χ1n) is 10.5. The van der Waals surface area contributed by atoms with Crippen LogP contribution in [0.25, 0.3) is 5.65 Å². The van der Waals surface area contributed by atoms with Gasteiger partial charge in [-0.1, -0.05) is 60.7 Å². The van der Waals surface area contributed by atoms with E-state index < -0.39 is 0 Å². The van der Waals surface area contributed by atoms with Crippen LogP contribution in [-0.4, -0.2) is 25.4 Å². The summed E-state index contributed by atoms with van der Waals surface area (Å²) in [5.41, 5.74) is 4.43. The molecule has 0 saturated carbocycles. The van der Waals surface area contributed by atoms with E-state index in [1.54, 1.807) is 10.8 Å². The number of ether oxygens (including phenoxy) is 1. The molecule has 0 radical (unpaired) electrons. The standard InChI is InChI=1S/C25H20N4O2/c30-18-12-7-13-19-22(18)21(17-10-5-2-6-11-17)23-24-27-20(14-16-8-3-1-4-9-16)28-29(24)15-26-25(23)31-19/h1-6,8-11,15,21H,7,12-14H2/t21-/m1/s1. The zero-order valence-corrected chi connectivity index (χ0v) is 16.9. The Bertz CT molecular complexity index is 1330. The van der Waals surface area contributed by atoms with Crippen LogP contribution in [0.3, 0.4) is 0 Å². The Morgan fingerprint density at radius 2 is 1.77 bits per heavy atom. The van der Waals surface area contributed by atoms with E-state index in [0.29, 0.717) is 30.2 Å². The first-order valence-corrected chi connectivity index (χ1v) is 10.5. The molecule has 2 aromatic carbocycles. The van der Waals surface area contributed by atoms with Gasteiger partial charge < -0.3 is 4.74 Å². The molecule has 0 spiro atoms. The van der Waals surface area contributed by atoms with Crippen LogP contribution in [0.4, 0.5) is 0 Å². The van der Waals surface area contributed by atoms with Crippen molar-refractivity contribution in [1.82, 2.24) is 19.6 Å². The second-order valence-corrected chi connectivity index (χ2v) is 7.98. The number of hydrogen-bond acceptors (Lipinski definition) is 5. The largest absolute Gasteiger partial charge is 0.442 e. The molecule has 6 nitrogen and oxygen atoms in total. The van der Waals surface area contributed by atoms with Crippen molar-refractivity contribution in [3.05, 3.63) is 101 Å². The van der Waals surface area contributed by atoms with E-state index in [4.69, 9.17) is 9.72 Å². The Kier molecular flexibility index (Phi) is 4.16. The number of hydrogen-bond donors (Lipinski definition) is 0. The van der Waals surface area contributed by atoms with Crippen LogP contribution >= 0.6 is 0 Å². The van der Waals surface area contributed by atoms with E-state index in [0.717, 1.165) is 40.9 Å². The van der Waals surface area contributed by atoms with Crippen molar-refractivity contribution in [2.75, 3.05) is 0 Å². The van der Waals surface area contributed by atoms with Crippen molar-refractivity contribution in [2.45, 2.75) is 31.6 Å². The first-order chi connectivity index (χ1) is 15.3. The number of aromatic nitrogens is 4. The fourth-order valence-electron chi connectivity index (χ4n) is 4.59. The monoisotopic (exact) mass is 408 g/mol. The number of allylic oxidation sites excluding steroid dienone is 2. The zero-order chi connectivity index (χ0) is 20.8. The minimum atomic E-state index is -0.252. The van der Waals surface area contributed by atoms with Crippen LogP contribution in [-0.2, 0) is 11.2 Å². The third kappa shape index (κ3) is 3.03. The maximum Gasteiger partial charge on any atom is 0.228 e. The summed E-state index contributed by atoms with van der Waals surface area (Å²) in [6, 6.07) is 20.2.